The molecule has 49 heavy (non-hydrogen) atoms. The number of rotatable bonds is 3. The predicted molar refractivity (Wildman–Crippen MR) is 204 cm³/mol. The predicted octanol–water partition coefficient (Wildman–Crippen LogP) is 6.66. The van der Waals surface area contributed by atoms with Crippen LogP contribution in [0.1, 0.15) is 87.2 Å². The highest BCUT2D eigenvalue weighted by atomic mass is 35.5. The van der Waals surface area contributed by atoms with E-state index in [0.717, 1.165) is 81.3 Å². The summed E-state index contributed by atoms with van der Waals surface area (Å²) in [6.07, 6.45) is 8.96. The van der Waals surface area contributed by atoms with Crippen molar-refractivity contribution in [3.8, 4) is 5.75 Å². The molecule has 7 nitrogen and oxygen atoms in total. The molecule has 1 saturated carbocycles. The Labute approximate surface area is 300 Å². The number of halogens is 1. The van der Waals surface area contributed by atoms with E-state index in [1.165, 1.54) is 30.4 Å². The first kappa shape index (κ1) is 35.2. The molecule has 1 saturated heterocycles. The van der Waals surface area contributed by atoms with Crippen molar-refractivity contribution in [2.24, 2.45) is 23.7 Å². The fourth-order valence-corrected chi connectivity index (χ4v) is 11.4. The molecule has 3 aliphatic heterocycles. The van der Waals surface area contributed by atoms with E-state index in [2.05, 4.69) is 65.4 Å². The summed E-state index contributed by atoms with van der Waals surface area (Å²) < 4.78 is 23.5. The van der Waals surface area contributed by atoms with Crippen LogP contribution in [-0.4, -0.2) is 90.0 Å². The van der Waals surface area contributed by atoms with Gasteiger partial charge in [0.1, 0.15) is 5.75 Å². The number of likely N-dealkylation sites (tertiary alicyclic amines) is 1. The number of hydrogen-bond donors (Lipinski definition) is 1. The zero-order chi connectivity index (χ0) is 34.7. The first-order chi connectivity index (χ1) is 23.3. The third-order valence-corrected chi connectivity index (χ3v) is 15.9. The third-order valence-electron chi connectivity index (χ3n) is 13.4. The fraction of sp³-hybridized carbons (Fsp3) is 0.650. The zero-order valence-electron chi connectivity index (χ0n) is 30.3. The number of carbonyl (C=O) groups excluding carboxylic acids is 1. The second kappa shape index (κ2) is 13.4. The highest BCUT2D eigenvalue weighted by molar-refractivity contribution is 7.99. The van der Waals surface area contributed by atoms with Gasteiger partial charge in [-0.15, -0.1) is 0 Å². The van der Waals surface area contributed by atoms with Crippen molar-refractivity contribution in [1.82, 2.24) is 14.5 Å². The Balaban J connectivity index is 1.25. The molecule has 1 amide bonds. The summed E-state index contributed by atoms with van der Waals surface area (Å²) in [5.41, 5.74) is 4.25. The van der Waals surface area contributed by atoms with Crippen LogP contribution >= 0.6 is 11.6 Å². The lowest BCUT2D eigenvalue weighted by Crippen LogP contribution is -2.67. The molecule has 9 heteroatoms. The number of benzene rings is 2. The minimum Gasteiger partial charge on any atom is -0.490 e. The average Bonchev–Trinajstić information content (AvgIpc) is 3.17. The molecule has 7 atom stereocenters. The van der Waals surface area contributed by atoms with Crippen molar-refractivity contribution < 1.29 is 13.7 Å². The second-order valence-electron chi connectivity index (χ2n) is 16.9. The van der Waals surface area contributed by atoms with Crippen LogP contribution in [0, 0.1) is 23.7 Å². The summed E-state index contributed by atoms with van der Waals surface area (Å²) >= 11 is 6.50. The molecule has 2 aromatic carbocycles. The average molecular weight is 709 g/mol. The molecule has 0 aromatic heterocycles. The van der Waals surface area contributed by atoms with E-state index < -0.39 is 9.71 Å². The van der Waals surface area contributed by atoms with Gasteiger partial charge in [0.15, 0.2) is 0 Å². The van der Waals surface area contributed by atoms with Gasteiger partial charge in [0, 0.05) is 59.5 Å². The van der Waals surface area contributed by atoms with Gasteiger partial charge < -0.3 is 14.5 Å². The summed E-state index contributed by atoms with van der Waals surface area (Å²) in [4.78, 5) is 21.3. The van der Waals surface area contributed by atoms with Gasteiger partial charge in [-0.25, -0.2) is 4.21 Å². The molecule has 2 aromatic rings. The van der Waals surface area contributed by atoms with Gasteiger partial charge >= 0.3 is 0 Å². The maximum absolute atomic E-state index is 13.9. The van der Waals surface area contributed by atoms with E-state index in [1.807, 2.05) is 31.2 Å². The van der Waals surface area contributed by atoms with Crippen molar-refractivity contribution in [3.63, 3.8) is 0 Å². The topological polar surface area (TPSA) is 65.1 Å². The van der Waals surface area contributed by atoms with Crippen molar-refractivity contribution in [2.75, 3.05) is 58.3 Å². The number of ether oxygens (including phenoxy) is 1. The molecule has 1 N–H and O–H groups in total. The van der Waals surface area contributed by atoms with Crippen LogP contribution < -0.4 is 14.4 Å². The lowest BCUT2D eigenvalue weighted by molar-refractivity contribution is -0.0405. The molecule has 2 aliphatic carbocycles. The van der Waals surface area contributed by atoms with E-state index in [0.29, 0.717) is 29.9 Å². The molecule has 268 valence electrons. The van der Waals surface area contributed by atoms with E-state index in [1.54, 1.807) is 0 Å². The van der Waals surface area contributed by atoms with Gasteiger partial charge in [0.25, 0.3) is 5.91 Å². The van der Waals surface area contributed by atoms with Gasteiger partial charge in [-0.1, -0.05) is 31.0 Å². The number of likely N-dealkylation sites (N-methyl/N-ethyl adjacent to an activating group) is 1. The van der Waals surface area contributed by atoms with Gasteiger partial charge in [0.2, 0.25) is 0 Å². The van der Waals surface area contributed by atoms with Crippen LogP contribution in [0.3, 0.4) is 0 Å². The van der Waals surface area contributed by atoms with Crippen molar-refractivity contribution in [2.45, 2.75) is 88.3 Å². The largest absolute Gasteiger partial charge is 0.490 e. The Hall–Kier alpha value is -2.26. The maximum atomic E-state index is 13.9. The highest BCUT2D eigenvalue weighted by Crippen LogP contribution is 2.48. The second-order valence-corrected chi connectivity index (χ2v) is 19.7. The third kappa shape index (κ3) is 6.76. The number of carbonyl (C=O) groups is 1. The molecular weight excluding hydrogens is 652 g/mol. The molecular formula is C40H57ClN4O3S. The van der Waals surface area contributed by atoms with Gasteiger partial charge in [-0.3, -0.25) is 14.4 Å². The molecule has 1 spiro atoms. The molecule has 3 heterocycles. The summed E-state index contributed by atoms with van der Waals surface area (Å²) in [7, 11) is 1.55. The van der Waals surface area contributed by atoms with Crippen LogP contribution in [0.25, 0.3) is 0 Å². The number of aryl methyl sites for hydroxylation is 1. The monoisotopic (exact) mass is 708 g/mol. The molecule has 1 unspecified atom stereocenters. The number of amides is 1. The van der Waals surface area contributed by atoms with Crippen molar-refractivity contribution in [3.05, 3.63) is 58.1 Å². The Kier molecular flexibility index (Phi) is 9.60. The summed E-state index contributed by atoms with van der Waals surface area (Å²) in [6, 6.07) is 12.2. The van der Waals surface area contributed by atoms with Crippen LogP contribution in [0.5, 0.6) is 5.75 Å². The summed E-state index contributed by atoms with van der Waals surface area (Å²) in [5, 5.41) is 0.562. The van der Waals surface area contributed by atoms with Crippen molar-refractivity contribution >= 4 is 38.8 Å². The number of fused-ring (bicyclic) bond motifs is 4. The normalized spacial score (nSPS) is 34.9. The quantitative estimate of drug-likeness (QED) is 0.360. The van der Waals surface area contributed by atoms with Crippen LogP contribution in [-0.2, 0) is 21.5 Å². The van der Waals surface area contributed by atoms with E-state index in [4.69, 9.17) is 16.3 Å². The van der Waals surface area contributed by atoms with E-state index >= 15 is 0 Å². The Morgan fingerprint density at radius 1 is 1.06 bits per heavy atom. The minimum atomic E-state index is -2.86. The van der Waals surface area contributed by atoms with Gasteiger partial charge in [-0.2, -0.15) is 0 Å². The number of anilines is 1. The number of hydrogen-bond acceptors (Lipinski definition) is 6. The lowest BCUT2D eigenvalue weighted by atomic mass is 9.64. The van der Waals surface area contributed by atoms with Crippen LogP contribution in [0.2, 0.25) is 5.02 Å². The van der Waals surface area contributed by atoms with E-state index in [9.17, 15) is 9.00 Å². The molecule has 5 aliphatic rings. The lowest BCUT2D eigenvalue weighted by Gasteiger charge is -2.54. The number of nitrogens with zero attached hydrogens (tertiary/aromatic N) is 3. The van der Waals surface area contributed by atoms with Crippen LogP contribution in [0.4, 0.5) is 5.69 Å². The zero-order valence-corrected chi connectivity index (χ0v) is 31.9. The van der Waals surface area contributed by atoms with Gasteiger partial charge in [0.05, 0.1) is 22.0 Å². The molecule has 2 bridgehead atoms. The first-order valence-electron chi connectivity index (χ1n) is 18.7. The minimum absolute atomic E-state index is 0.166. The number of nitrogens with one attached hydrogen (secondary N) is 1. The molecule has 7 rings (SSSR count). The van der Waals surface area contributed by atoms with E-state index in [-0.39, 0.29) is 28.0 Å². The Bertz CT molecular complexity index is 1670. The smallest absolute Gasteiger partial charge is 0.262 e. The maximum Gasteiger partial charge on any atom is 0.262 e. The summed E-state index contributed by atoms with van der Waals surface area (Å²) in [5.74, 6) is 6.65. The van der Waals surface area contributed by atoms with Crippen molar-refractivity contribution in [1.29, 1.82) is 0 Å². The van der Waals surface area contributed by atoms with Crippen LogP contribution in [0.15, 0.2) is 36.4 Å². The fourth-order valence-electron chi connectivity index (χ4n) is 9.70. The standard InChI is InChI=1S/C40H57ClN4O3S/c1-27-9-7-10-31(21-44-23-39(3,24-44)43(4)5)34-15-12-32(34)22-45-25-40(18-8-11-29-19-33(41)14-16-35(29)40)26-48-37-17-13-30(20-36(37)45)38(46)42-49(6,47)28(27)2/h13-14,16-17,19-20,27-28,31-32,34H,6-12,15,18,21-26H2,1-5H3,(H,42,46,47)/t27-,28+,31-,32-,34-,40-,49?/m0/s1. The highest BCUT2D eigenvalue weighted by Gasteiger charge is 2.46. The SMILES string of the molecule is C=S1(=O)NC(=O)c2ccc3c(c2)N(C[C@@H]2CC[C@H]2[C@H](CN2CC(C)(N(C)C)C2)CCC[C@H](C)[C@H]1C)C[C@@]1(CCCc2cc(Cl)ccc21)CO3. The Morgan fingerprint density at radius 2 is 1.86 bits per heavy atom. The summed E-state index contributed by atoms with van der Waals surface area (Å²) in [6.45, 7) is 12.3. The molecule has 2 fully saturated rings. The molecule has 0 radical (unpaired) electrons. The Morgan fingerprint density at radius 3 is 2.59 bits per heavy atom. The first-order valence-corrected chi connectivity index (χ1v) is 20.8. The van der Waals surface area contributed by atoms with Gasteiger partial charge in [-0.05, 0) is 144 Å².